The molecule has 2 rings (SSSR count). The molecule has 0 saturated carbocycles. The van der Waals surface area contributed by atoms with Crippen molar-refractivity contribution in [2.45, 2.75) is 0 Å². The van der Waals surface area contributed by atoms with Gasteiger partial charge in [0.15, 0.2) is 23.0 Å². The number of rotatable bonds is 9. The smallest absolute Gasteiger partial charge is 0.166 e. The first-order valence-corrected chi connectivity index (χ1v) is 8.26. The van der Waals surface area contributed by atoms with Crippen LogP contribution >= 0.6 is 0 Å². The molecule has 28 heavy (non-hydrogen) atoms. The van der Waals surface area contributed by atoms with E-state index in [2.05, 4.69) is 9.98 Å². The molecule has 8 heteroatoms. The number of ether oxygens (including phenoxy) is 2. The lowest BCUT2D eigenvalue weighted by Gasteiger charge is -2.07. The summed E-state index contributed by atoms with van der Waals surface area (Å²) in [7, 11) is 2.78. The number of carbonyl (C=O) groups is 2. The zero-order valence-electron chi connectivity index (χ0n) is 15.5. The summed E-state index contributed by atoms with van der Waals surface area (Å²) >= 11 is 0. The highest BCUT2D eigenvalue weighted by molar-refractivity contribution is 5.90. The zero-order valence-corrected chi connectivity index (χ0v) is 15.5. The molecular formula is C20H20N2O6. The third kappa shape index (κ3) is 4.94. The number of nitrogens with zero attached hydrogens (tertiary/aromatic N) is 2. The van der Waals surface area contributed by atoms with Gasteiger partial charge in [-0.15, -0.1) is 0 Å². The van der Waals surface area contributed by atoms with Crippen molar-refractivity contribution in [1.29, 1.82) is 0 Å². The Morgan fingerprint density at radius 3 is 1.50 bits per heavy atom. The molecule has 0 fully saturated rings. The van der Waals surface area contributed by atoms with Gasteiger partial charge in [0.2, 0.25) is 0 Å². The van der Waals surface area contributed by atoms with E-state index in [0.717, 1.165) is 0 Å². The molecule has 0 aliphatic carbocycles. The first-order chi connectivity index (χ1) is 13.5. The number of benzene rings is 2. The van der Waals surface area contributed by atoms with E-state index in [9.17, 15) is 19.8 Å². The summed E-state index contributed by atoms with van der Waals surface area (Å²) in [6.07, 6.45) is 4.15. The van der Waals surface area contributed by atoms with E-state index in [0.29, 0.717) is 47.9 Å². The molecule has 146 valence electrons. The van der Waals surface area contributed by atoms with Crippen molar-refractivity contribution in [3.05, 3.63) is 46.5 Å². The molecule has 0 aromatic heterocycles. The monoisotopic (exact) mass is 384 g/mol. The number of hydrogen-bond donors (Lipinski definition) is 2. The van der Waals surface area contributed by atoms with Crippen LogP contribution in [-0.4, -0.2) is 62.5 Å². The fourth-order valence-electron chi connectivity index (χ4n) is 2.39. The predicted molar refractivity (Wildman–Crippen MR) is 105 cm³/mol. The molecule has 8 nitrogen and oxygen atoms in total. The maximum absolute atomic E-state index is 11.0. The Hall–Kier alpha value is -3.68. The van der Waals surface area contributed by atoms with Gasteiger partial charge in [-0.2, -0.15) is 0 Å². The normalized spacial score (nSPS) is 11.1. The van der Waals surface area contributed by atoms with Crippen LogP contribution < -0.4 is 9.47 Å². The van der Waals surface area contributed by atoms with Crippen molar-refractivity contribution < 1.29 is 29.3 Å². The maximum Gasteiger partial charge on any atom is 0.166 e. The van der Waals surface area contributed by atoms with Crippen molar-refractivity contribution in [2.24, 2.45) is 9.98 Å². The highest BCUT2D eigenvalue weighted by Gasteiger charge is 2.09. The van der Waals surface area contributed by atoms with Crippen LogP contribution in [0.15, 0.2) is 34.3 Å². The molecule has 0 unspecified atom stereocenters. The number of phenolic OH excluding ortho intramolecular Hbond substituents is 2. The number of hydrogen-bond acceptors (Lipinski definition) is 8. The summed E-state index contributed by atoms with van der Waals surface area (Å²) in [5.41, 5.74) is 1.42. The van der Waals surface area contributed by atoms with Gasteiger partial charge in [0, 0.05) is 34.7 Å². The average Bonchev–Trinajstić information content (AvgIpc) is 2.72. The largest absolute Gasteiger partial charge is 0.504 e. The summed E-state index contributed by atoms with van der Waals surface area (Å²) in [6.45, 7) is 0.601. The van der Waals surface area contributed by atoms with Gasteiger partial charge in [0.25, 0.3) is 0 Å². The summed E-state index contributed by atoms with van der Waals surface area (Å²) in [6, 6.07) is 5.84. The lowest BCUT2D eigenvalue weighted by Crippen LogP contribution is -1.95. The van der Waals surface area contributed by atoms with E-state index >= 15 is 0 Å². The second kappa shape index (κ2) is 9.86. The lowest BCUT2D eigenvalue weighted by molar-refractivity contribution is 0.111. The fourth-order valence-corrected chi connectivity index (χ4v) is 2.39. The minimum atomic E-state index is -0.108. The Labute approximate surface area is 161 Å². The van der Waals surface area contributed by atoms with Crippen LogP contribution in [0.2, 0.25) is 0 Å². The highest BCUT2D eigenvalue weighted by atomic mass is 16.5. The lowest BCUT2D eigenvalue weighted by atomic mass is 10.1. The van der Waals surface area contributed by atoms with E-state index < -0.39 is 0 Å². The fraction of sp³-hybridized carbons (Fsp3) is 0.200. The molecule has 2 aromatic carbocycles. The molecule has 0 bridgehead atoms. The number of aliphatic imine (C=N–C) groups is 2. The molecule has 0 amide bonds. The number of aldehydes is 2. The topological polar surface area (TPSA) is 118 Å². The molecule has 0 heterocycles. The van der Waals surface area contributed by atoms with Gasteiger partial charge in [-0.1, -0.05) is 0 Å². The van der Waals surface area contributed by atoms with Gasteiger partial charge in [-0.25, -0.2) is 0 Å². The quantitative estimate of drug-likeness (QED) is 0.389. The third-order valence-corrected chi connectivity index (χ3v) is 3.78. The van der Waals surface area contributed by atoms with E-state index in [1.807, 2.05) is 0 Å². The molecule has 0 aliphatic heterocycles. The van der Waals surface area contributed by atoms with Gasteiger partial charge in [0.05, 0.1) is 27.3 Å². The summed E-state index contributed by atoms with van der Waals surface area (Å²) in [5.74, 6) is 0.151. The molecule has 0 radical (unpaired) electrons. The Balaban J connectivity index is 2.05. The molecule has 0 spiro atoms. The molecule has 2 N–H and O–H groups in total. The Morgan fingerprint density at radius 1 is 0.786 bits per heavy atom. The molecule has 0 aliphatic rings. The van der Waals surface area contributed by atoms with Crippen molar-refractivity contribution >= 4 is 25.0 Å². The van der Waals surface area contributed by atoms with E-state index in [4.69, 9.17) is 9.47 Å². The van der Waals surface area contributed by atoms with Gasteiger partial charge in [-0.05, 0) is 24.3 Å². The van der Waals surface area contributed by atoms with Crippen molar-refractivity contribution in [3.8, 4) is 23.0 Å². The van der Waals surface area contributed by atoms with Crippen molar-refractivity contribution in [3.63, 3.8) is 0 Å². The van der Waals surface area contributed by atoms with Gasteiger partial charge >= 0.3 is 0 Å². The van der Waals surface area contributed by atoms with Crippen LogP contribution in [0.25, 0.3) is 0 Å². The molecule has 0 saturated heterocycles. The number of aromatic hydroxyl groups is 2. The van der Waals surface area contributed by atoms with Crippen LogP contribution in [0.1, 0.15) is 31.8 Å². The first kappa shape index (κ1) is 20.6. The Bertz CT molecular complexity index is 846. The second-order valence-corrected chi connectivity index (χ2v) is 5.63. The van der Waals surface area contributed by atoms with Crippen molar-refractivity contribution in [1.82, 2.24) is 0 Å². The molecule has 0 atom stereocenters. The van der Waals surface area contributed by atoms with Crippen LogP contribution in [0.4, 0.5) is 0 Å². The van der Waals surface area contributed by atoms with Gasteiger partial charge in [0.1, 0.15) is 12.6 Å². The van der Waals surface area contributed by atoms with Crippen LogP contribution in [0.3, 0.4) is 0 Å². The second-order valence-electron chi connectivity index (χ2n) is 5.63. The number of phenols is 2. The standard InChI is InChI=1S/C20H20N2O6/c1-27-17-7-13(11-23)5-15(19(17)25)9-21-3-4-22-10-16-6-14(12-24)8-18(28-2)20(16)26/h5-12,25-26H,3-4H2,1-2H3. The summed E-state index contributed by atoms with van der Waals surface area (Å²) < 4.78 is 10.0. The van der Waals surface area contributed by atoms with Crippen LogP contribution in [0.5, 0.6) is 23.0 Å². The molecular weight excluding hydrogens is 364 g/mol. The van der Waals surface area contributed by atoms with Gasteiger partial charge < -0.3 is 19.7 Å². The third-order valence-electron chi connectivity index (χ3n) is 3.78. The van der Waals surface area contributed by atoms with E-state index in [1.54, 1.807) is 0 Å². The van der Waals surface area contributed by atoms with E-state index in [-0.39, 0.29) is 23.0 Å². The van der Waals surface area contributed by atoms with E-state index in [1.165, 1.54) is 50.9 Å². The summed E-state index contributed by atoms with van der Waals surface area (Å²) in [5, 5.41) is 20.1. The first-order valence-electron chi connectivity index (χ1n) is 8.26. The predicted octanol–water partition coefficient (Wildman–Crippen LogP) is 2.28. The Morgan fingerprint density at radius 2 is 1.18 bits per heavy atom. The average molecular weight is 384 g/mol. The highest BCUT2D eigenvalue weighted by Crippen LogP contribution is 2.30. The SMILES string of the molecule is COc1cc(C=O)cc(C=NCCN=Cc2cc(C=O)cc(OC)c2O)c1O. The number of methoxy groups -OCH3 is 2. The minimum Gasteiger partial charge on any atom is -0.504 e. The van der Waals surface area contributed by atoms with Crippen LogP contribution in [0, 0.1) is 0 Å². The minimum absolute atomic E-state index is 0.108. The zero-order chi connectivity index (χ0) is 20.5. The number of carbonyl (C=O) groups excluding carboxylic acids is 2. The van der Waals surface area contributed by atoms with Crippen LogP contribution in [-0.2, 0) is 0 Å². The van der Waals surface area contributed by atoms with Crippen molar-refractivity contribution in [2.75, 3.05) is 27.3 Å². The summed E-state index contributed by atoms with van der Waals surface area (Å²) in [4.78, 5) is 30.2. The maximum atomic E-state index is 11.0. The molecule has 2 aromatic rings. The van der Waals surface area contributed by atoms with Gasteiger partial charge in [-0.3, -0.25) is 19.6 Å². The Kier molecular flexibility index (Phi) is 7.27.